The van der Waals surface area contributed by atoms with E-state index in [-0.39, 0.29) is 17.7 Å². The second-order valence-electron chi connectivity index (χ2n) is 6.26. The molecule has 0 aliphatic carbocycles. The Hall–Kier alpha value is -2.76. The number of carbonyl (C=O) groups excluding carboxylic acids is 2. The highest BCUT2D eigenvalue weighted by molar-refractivity contribution is 5.79. The van der Waals surface area contributed by atoms with Crippen molar-refractivity contribution in [2.45, 2.75) is 26.3 Å². The molecule has 0 bridgehead atoms. The molecule has 0 saturated carbocycles. The van der Waals surface area contributed by atoms with Crippen LogP contribution < -0.4 is 5.32 Å². The third-order valence-electron chi connectivity index (χ3n) is 4.53. The summed E-state index contributed by atoms with van der Waals surface area (Å²) in [6.07, 6.45) is 4.95. The van der Waals surface area contributed by atoms with E-state index in [2.05, 4.69) is 15.3 Å². The molecule has 2 aromatic heterocycles. The lowest BCUT2D eigenvalue weighted by Crippen LogP contribution is -2.42. The van der Waals surface area contributed by atoms with E-state index in [4.69, 9.17) is 0 Å². The van der Waals surface area contributed by atoms with Crippen molar-refractivity contribution in [2.75, 3.05) is 13.1 Å². The van der Waals surface area contributed by atoms with Crippen molar-refractivity contribution in [1.82, 2.24) is 20.2 Å². The third-order valence-corrected chi connectivity index (χ3v) is 4.53. The molecular weight excluding hydrogens is 316 g/mol. The number of aromatic nitrogens is 2. The summed E-state index contributed by atoms with van der Waals surface area (Å²) in [5.74, 6) is 0.117. The number of carbonyl (C=O) groups is 2. The third kappa shape index (κ3) is 4.41. The summed E-state index contributed by atoms with van der Waals surface area (Å²) in [5, 5.41) is 2.97. The van der Waals surface area contributed by atoms with E-state index in [9.17, 15) is 9.59 Å². The zero-order chi connectivity index (χ0) is 17.6. The highest BCUT2D eigenvalue weighted by atomic mass is 16.2. The molecule has 0 radical (unpaired) electrons. The lowest BCUT2D eigenvalue weighted by atomic mass is 9.96. The monoisotopic (exact) mass is 338 g/mol. The van der Waals surface area contributed by atoms with Gasteiger partial charge < -0.3 is 10.2 Å². The number of rotatable bonds is 4. The van der Waals surface area contributed by atoms with Gasteiger partial charge in [0.15, 0.2) is 0 Å². The maximum atomic E-state index is 12.3. The van der Waals surface area contributed by atoms with Gasteiger partial charge in [-0.2, -0.15) is 0 Å². The topological polar surface area (TPSA) is 75.2 Å². The second-order valence-corrected chi connectivity index (χ2v) is 6.26. The van der Waals surface area contributed by atoms with Gasteiger partial charge in [0, 0.05) is 44.9 Å². The zero-order valence-corrected chi connectivity index (χ0v) is 14.3. The molecule has 2 aromatic rings. The van der Waals surface area contributed by atoms with Gasteiger partial charge in [0.2, 0.25) is 11.8 Å². The van der Waals surface area contributed by atoms with Gasteiger partial charge >= 0.3 is 0 Å². The van der Waals surface area contributed by atoms with Crippen molar-refractivity contribution in [3.05, 3.63) is 48.3 Å². The average molecular weight is 338 g/mol. The minimum atomic E-state index is -0.0173. The summed E-state index contributed by atoms with van der Waals surface area (Å²) in [7, 11) is 0. The standard InChI is InChI=1S/C19H22N4O2/c1-14(24)23-10-7-16(8-11-23)19(25)22-13-15-5-6-18(21-12-15)17-4-2-3-9-20-17/h2-6,9,12,16H,7-8,10-11,13H2,1H3,(H,22,25). The predicted molar refractivity (Wildman–Crippen MR) is 94.3 cm³/mol. The van der Waals surface area contributed by atoms with Crippen LogP contribution in [-0.2, 0) is 16.1 Å². The number of piperidine rings is 1. The molecular formula is C19H22N4O2. The van der Waals surface area contributed by atoms with Crippen LogP contribution in [-0.4, -0.2) is 39.8 Å². The largest absolute Gasteiger partial charge is 0.352 e. The Kier molecular flexibility index (Phi) is 5.38. The molecule has 0 aromatic carbocycles. The molecule has 1 fully saturated rings. The van der Waals surface area contributed by atoms with Crippen molar-refractivity contribution in [3.8, 4) is 11.4 Å². The van der Waals surface area contributed by atoms with Crippen LogP contribution in [0, 0.1) is 5.92 Å². The van der Waals surface area contributed by atoms with Crippen LogP contribution in [0.25, 0.3) is 11.4 Å². The van der Waals surface area contributed by atoms with Crippen molar-refractivity contribution in [2.24, 2.45) is 5.92 Å². The van der Waals surface area contributed by atoms with Crippen molar-refractivity contribution >= 4 is 11.8 Å². The van der Waals surface area contributed by atoms with Crippen molar-refractivity contribution in [3.63, 3.8) is 0 Å². The number of amides is 2. The van der Waals surface area contributed by atoms with E-state index in [1.165, 1.54) is 0 Å². The summed E-state index contributed by atoms with van der Waals surface area (Å²) < 4.78 is 0. The molecule has 1 saturated heterocycles. The fourth-order valence-corrected chi connectivity index (χ4v) is 2.98. The number of nitrogens with one attached hydrogen (secondary N) is 1. The second kappa shape index (κ2) is 7.88. The Balaban J connectivity index is 1.50. The zero-order valence-electron chi connectivity index (χ0n) is 14.3. The number of hydrogen-bond donors (Lipinski definition) is 1. The summed E-state index contributed by atoms with van der Waals surface area (Å²) in [4.78, 5) is 34.1. The van der Waals surface area contributed by atoms with Crippen LogP contribution in [0.4, 0.5) is 0 Å². The van der Waals surface area contributed by atoms with E-state index in [0.717, 1.165) is 29.8 Å². The first kappa shape index (κ1) is 17.1. The van der Waals surface area contributed by atoms with E-state index in [0.29, 0.717) is 19.6 Å². The van der Waals surface area contributed by atoms with Crippen LogP contribution in [0.5, 0.6) is 0 Å². The van der Waals surface area contributed by atoms with Crippen molar-refractivity contribution < 1.29 is 9.59 Å². The highest BCUT2D eigenvalue weighted by Gasteiger charge is 2.25. The highest BCUT2D eigenvalue weighted by Crippen LogP contribution is 2.18. The lowest BCUT2D eigenvalue weighted by Gasteiger charge is -2.30. The molecule has 6 heteroatoms. The molecule has 0 spiro atoms. The van der Waals surface area contributed by atoms with E-state index in [1.807, 2.05) is 30.3 Å². The molecule has 0 unspecified atom stereocenters. The number of nitrogens with zero attached hydrogens (tertiary/aromatic N) is 3. The molecule has 0 atom stereocenters. The number of pyridine rings is 2. The van der Waals surface area contributed by atoms with E-state index >= 15 is 0 Å². The molecule has 130 valence electrons. The molecule has 3 heterocycles. The lowest BCUT2D eigenvalue weighted by molar-refractivity contribution is -0.134. The maximum Gasteiger partial charge on any atom is 0.223 e. The Bertz CT molecular complexity index is 723. The summed E-state index contributed by atoms with van der Waals surface area (Å²) in [6, 6.07) is 9.58. The Morgan fingerprint density at radius 2 is 1.88 bits per heavy atom. The molecule has 3 rings (SSSR count). The number of likely N-dealkylation sites (tertiary alicyclic amines) is 1. The van der Waals surface area contributed by atoms with Gasteiger partial charge in [0.1, 0.15) is 0 Å². The molecule has 25 heavy (non-hydrogen) atoms. The van der Waals surface area contributed by atoms with Gasteiger partial charge in [-0.25, -0.2) is 0 Å². The molecule has 2 amide bonds. The first-order valence-electron chi connectivity index (χ1n) is 8.53. The van der Waals surface area contributed by atoms with Crippen LogP contribution in [0.15, 0.2) is 42.7 Å². The van der Waals surface area contributed by atoms with Gasteiger partial charge in [0.25, 0.3) is 0 Å². The minimum absolute atomic E-state index is 0.0173. The summed E-state index contributed by atoms with van der Waals surface area (Å²) in [6.45, 7) is 3.35. The van der Waals surface area contributed by atoms with Crippen molar-refractivity contribution in [1.29, 1.82) is 0 Å². The molecule has 1 aliphatic rings. The van der Waals surface area contributed by atoms with Gasteiger partial charge in [-0.1, -0.05) is 12.1 Å². The first-order valence-corrected chi connectivity index (χ1v) is 8.53. The summed E-state index contributed by atoms with van der Waals surface area (Å²) >= 11 is 0. The molecule has 6 nitrogen and oxygen atoms in total. The van der Waals surface area contributed by atoms with E-state index < -0.39 is 0 Å². The normalized spacial score (nSPS) is 15.0. The average Bonchev–Trinajstić information content (AvgIpc) is 2.67. The van der Waals surface area contributed by atoms with Gasteiger partial charge in [-0.3, -0.25) is 19.6 Å². The fourth-order valence-electron chi connectivity index (χ4n) is 2.98. The Labute approximate surface area is 147 Å². The Morgan fingerprint density at radius 3 is 2.48 bits per heavy atom. The smallest absolute Gasteiger partial charge is 0.223 e. The van der Waals surface area contributed by atoms with E-state index in [1.54, 1.807) is 24.2 Å². The van der Waals surface area contributed by atoms with Gasteiger partial charge in [0.05, 0.1) is 11.4 Å². The quantitative estimate of drug-likeness (QED) is 0.925. The predicted octanol–water partition coefficient (Wildman–Crippen LogP) is 2.02. The molecule has 1 aliphatic heterocycles. The Morgan fingerprint density at radius 1 is 1.12 bits per heavy atom. The molecule has 1 N–H and O–H groups in total. The van der Waals surface area contributed by atoms with Crippen LogP contribution in [0.2, 0.25) is 0 Å². The minimum Gasteiger partial charge on any atom is -0.352 e. The first-order chi connectivity index (χ1) is 12.1. The van der Waals surface area contributed by atoms with Crippen LogP contribution >= 0.6 is 0 Å². The van der Waals surface area contributed by atoms with Gasteiger partial charge in [-0.05, 0) is 36.6 Å². The number of hydrogen-bond acceptors (Lipinski definition) is 4. The fraction of sp³-hybridized carbons (Fsp3) is 0.368. The SMILES string of the molecule is CC(=O)N1CCC(C(=O)NCc2ccc(-c3ccccn3)nc2)CC1. The van der Waals surface area contributed by atoms with Crippen LogP contribution in [0.3, 0.4) is 0 Å². The maximum absolute atomic E-state index is 12.3. The summed E-state index contributed by atoms with van der Waals surface area (Å²) in [5.41, 5.74) is 2.59. The van der Waals surface area contributed by atoms with Crippen LogP contribution in [0.1, 0.15) is 25.3 Å². The van der Waals surface area contributed by atoms with Gasteiger partial charge in [-0.15, -0.1) is 0 Å².